The molecule has 0 saturated heterocycles. The molecule has 1 aliphatic carbocycles. The van der Waals surface area contributed by atoms with Crippen molar-refractivity contribution in [1.29, 1.82) is 0 Å². The molecule has 9 nitrogen and oxygen atoms in total. The third-order valence-corrected chi connectivity index (χ3v) is 7.10. The third-order valence-electron chi connectivity index (χ3n) is 6.75. The summed E-state index contributed by atoms with van der Waals surface area (Å²) in [7, 11) is 2.86. The second-order valence-corrected chi connectivity index (χ2v) is 9.17. The Hall–Kier alpha value is -3.85. The van der Waals surface area contributed by atoms with Crippen LogP contribution < -0.4 is 25.1 Å². The first-order valence-corrected chi connectivity index (χ1v) is 11.8. The number of allylic oxidation sites excluding steroid dienone is 1. The average Bonchev–Trinajstić information content (AvgIpc) is 3.19. The van der Waals surface area contributed by atoms with E-state index in [4.69, 9.17) is 25.8 Å². The molecule has 2 heterocycles. The van der Waals surface area contributed by atoms with E-state index in [0.29, 0.717) is 36.1 Å². The number of ether oxygens (including phenoxy) is 3. The zero-order valence-electron chi connectivity index (χ0n) is 20.0. The van der Waals surface area contributed by atoms with Crippen LogP contribution in [0.2, 0.25) is 5.02 Å². The fourth-order valence-electron chi connectivity index (χ4n) is 4.85. The van der Waals surface area contributed by atoms with Gasteiger partial charge in [-0.05, 0) is 18.6 Å². The molecule has 2 aromatic carbocycles. The Labute approximate surface area is 211 Å². The lowest BCUT2D eigenvalue weighted by Crippen LogP contribution is -2.55. The predicted octanol–water partition coefficient (Wildman–Crippen LogP) is 3.16. The number of benzene rings is 2. The van der Waals surface area contributed by atoms with Gasteiger partial charge in [-0.15, -0.1) is 0 Å². The first-order valence-electron chi connectivity index (χ1n) is 11.4. The van der Waals surface area contributed by atoms with E-state index >= 15 is 0 Å². The van der Waals surface area contributed by atoms with Crippen LogP contribution >= 0.6 is 11.6 Å². The largest absolute Gasteiger partial charge is 0.496 e. The van der Waals surface area contributed by atoms with E-state index < -0.39 is 23.1 Å². The maximum atomic E-state index is 13.6. The number of rotatable bonds is 6. The predicted molar refractivity (Wildman–Crippen MR) is 133 cm³/mol. The minimum absolute atomic E-state index is 0.0889. The lowest BCUT2D eigenvalue weighted by molar-refractivity contribution is -0.129. The van der Waals surface area contributed by atoms with Gasteiger partial charge in [0.15, 0.2) is 5.75 Å². The molecule has 2 aliphatic rings. The Bertz CT molecular complexity index is 1500. The number of Topliss-reactive ketones (excluding diaryl/α,β-unsaturated/α-hetero) is 1. The highest BCUT2D eigenvalue weighted by atomic mass is 35.5. The molecule has 10 heteroatoms. The number of halogens is 1. The van der Waals surface area contributed by atoms with Crippen LogP contribution in [0.1, 0.15) is 23.7 Å². The molecule has 0 fully saturated rings. The Morgan fingerprint density at radius 2 is 1.94 bits per heavy atom. The SMILES string of the molecule is COc1cc(OC)c2c(c1Cl)OC1(C(=O)C=C(NCCn3cnc4ccccc4c3=O)CC1C)C2=O. The number of carbonyl (C=O) groups excluding carboxylic acids is 2. The highest BCUT2D eigenvalue weighted by Crippen LogP contribution is 2.52. The van der Waals surface area contributed by atoms with E-state index in [1.807, 2.05) is 6.07 Å². The molecular weight excluding hydrogens is 486 g/mol. The van der Waals surface area contributed by atoms with Crippen LogP contribution in [0.4, 0.5) is 0 Å². The Morgan fingerprint density at radius 1 is 1.19 bits per heavy atom. The topological polar surface area (TPSA) is 109 Å². The van der Waals surface area contributed by atoms with Gasteiger partial charge in [0.05, 0.1) is 31.4 Å². The number of hydrogen-bond acceptors (Lipinski definition) is 8. The van der Waals surface area contributed by atoms with Crippen molar-refractivity contribution >= 4 is 34.1 Å². The van der Waals surface area contributed by atoms with Crippen LogP contribution in [0.15, 0.2) is 53.2 Å². The molecule has 3 aromatic rings. The zero-order chi connectivity index (χ0) is 25.6. The smallest absolute Gasteiger partial charge is 0.261 e. The molecule has 2 atom stereocenters. The standard InChI is InChI=1S/C26H24ClN3O6/c1-14-10-15(28-8-9-30-13-29-17-7-5-4-6-16(17)25(30)33)11-20(31)26(14)24(32)21-18(34-2)12-19(35-3)22(27)23(21)36-26/h4-7,11-14,28H,8-10H2,1-3H3. The number of aromatic nitrogens is 2. The van der Waals surface area contributed by atoms with Gasteiger partial charge in [0.2, 0.25) is 17.2 Å². The summed E-state index contributed by atoms with van der Waals surface area (Å²) in [5.41, 5.74) is -0.425. The number of hydrogen-bond donors (Lipinski definition) is 1. The summed E-state index contributed by atoms with van der Waals surface area (Å²) in [6.07, 6.45) is 3.29. The molecule has 1 aromatic heterocycles. The lowest BCUT2D eigenvalue weighted by Gasteiger charge is -2.35. The van der Waals surface area contributed by atoms with Gasteiger partial charge in [0.25, 0.3) is 5.56 Å². The van der Waals surface area contributed by atoms with Crippen molar-refractivity contribution in [2.45, 2.75) is 25.5 Å². The molecule has 0 saturated carbocycles. The molecule has 36 heavy (non-hydrogen) atoms. The van der Waals surface area contributed by atoms with Gasteiger partial charge >= 0.3 is 0 Å². The number of ketones is 2. The first-order chi connectivity index (χ1) is 17.3. The number of fused-ring (bicyclic) bond motifs is 2. The maximum absolute atomic E-state index is 13.6. The van der Waals surface area contributed by atoms with Gasteiger partial charge in [-0.1, -0.05) is 30.7 Å². The van der Waals surface area contributed by atoms with E-state index in [-0.39, 0.29) is 33.4 Å². The van der Waals surface area contributed by atoms with Crippen molar-refractivity contribution in [1.82, 2.24) is 14.9 Å². The van der Waals surface area contributed by atoms with E-state index in [9.17, 15) is 14.4 Å². The zero-order valence-corrected chi connectivity index (χ0v) is 20.7. The Kier molecular flexibility index (Phi) is 5.96. The van der Waals surface area contributed by atoms with Gasteiger partial charge in [-0.25, -0.2) is 4.98 Å². The molecule has 1 aliphatic heterocycles. The van der Waals surface area contributed by atoms with Crippen LogP contribution in [-0.2, 0) is 11.3 Å². The summed E-state index contributed by atoms with van der Waals surface area (Å²) in [6.45, 7) is 2.53. The summed E-state index contributed by atoms with van der Waals surface area (Å²) < 4.78 is 18.2. The van der Waals surface area contributed by atoms with Crippen molar-refractivity contribution in [3.63, 3.8) is 0 Å². The van der Waals surface area contributed by atoms with Gasteiger partial charge in [0.1, 0.15) is 22.1 Å². The molecule has 2 unspecified atom stereocenters. The number of nitrogens with zero attached hydrogens (tertiary/aromatic N) is 2. The first kappa shape index (κ1) is 23.9. The molecular formula is C26H24ClN3O6. The monoisotopic (exact) mass is 509 g/mol. The normalized spacial score (nSPS) is 20.8. The molecule has 1 spiro atoms. The molecule has 1 N–H and O–H groups in total. The van der Waals surface area contributed by atoms with Gasteiger partial charge in [0, 0.05) is 36.8 Å². The molecule has 186 valence electrons. The van der Waals surface area contributed by atoms with E-state index in [0.717, 1.165) is 0 Å². The number of nitrogens with one attached hydrogen (secondary N) is 1. The van der Waals surface area contributed by atoms with E-state index in [1.165, 1.54) is 37.3 Å². The average molecular weight is 510 g/mol. The van der Waals surface area contributed by atoms with Crippen molar-refractivity contribution in [3.8, 4) is 17.2 Å². The van der Waals surface area contributed by atoms with Crippen LogP contribution in [0.3, 0.4) is 0 Å². The van der Waals surface area contributed by atoms with Crippen molar-refractivity contribution < 1.29 is 23.8 Å². The fraction of sp³-hybridized carbons (Fsp3) is 0.308. The second-order valence-electron chi connectivity index (χ2n) is 8.79. The highest BCUT2D eigenvalue weighted by Gasteiger charge is 2.60. The minimum atomic E-state index is -1.73. The summed E-state index contributed by atoms with van der Waals surface area (Å²) in [6, 6.07) is 8.67. The van der Waals surface area contributed by atoms with E-state index in [2.05, 4.69) is 10.3 Å². The number of methoxy groups -OCH3 is 2. The highest BCUT2D eigenvalue weighted by molar-refractivity contribution is 6.36. The molecule has 0 amide bonds. The number of carbonyl (C=O) groups is 2. The summed E-state index contributed by atoms with van der Waals surface area (Å²) in [5.74, 6) is -0.854. The minimum Gasteiger partial charge on any atom is -0.496 e. The summed E-state index contributed by atoms with van der Waals surface area (Å²) >= 11 is 6.42. The Morgan fingerprint density at radius 3 is 2.67 bits per heavy atom. The lowest BCUT2D eigenvalue weighted by atomic mass is 9.74. The summed E-state index contributed by atoms with van der Waals surface area (Å²) in [5, 5.41) is 3.87. The molecule has 5 rings (SSSR count). The van der Waals surface area contributed by atoms with Crippen molar-refractivity contribution in [3.05, 3.63) is 69.4 Å². The third kappa shape index (κ3) is 3.53. The van der Waals surface area contributed by atoms with Crippen LogP contribution in [-0.4, -0.2) is 47.5 Å². The van der Waals surface area contributed by atoms with Gasteiger partial charge < -0.3 is 19.5 Å². The molecule has 0 bridgehead atoms. The summed E-state index contributed by atoms with van der Waals surface area (Å²) in [4.78, 5) is 44.0. The molecule has 0 radical (unpaired) electrons. The van der Waals surface area contributed by atoms with Crippen molar-refractivity contribution in [2.24, 2.45) is 5.92 Å². The van der Waals surface area contributed by atoms with Crippen LogP contribution in [0, 0.1) is 5.92 Å². The quantitative estimate of drug-likeness (QED) is 0.505. The second kappa shape index (κ2) is 8.98. The van der Waals surface area contributed by atoms with Gasteiger partial charge in [-0.3, -0.25) is 19.0 Å². The van der Waals surface area contributed by atoms with Crippen molar-refractivity contribution in [2.75, 3.05) is 20.8 Å². The van der Waals surface area contributed by atoms with E-state index in [1.54, 1.807) is 25.1 Å². The van der Waals surface area contributed by atoms with Crippen LogP contribution in [0.25, 0.3) is 10.9 Å². The van der Waals surface area contributed by atoms with Crippen LogP contribution in [0.5, 0.6) is 17.2 Å². The van der Waals surface area contributed by atoms with Gasteiger partial charge in [-0.2, -0.15) is 0 Å². The Balaban J connectivity index is 1.36. The fourth-order valence-corrected chi connectivity index (χ4v) is 5.12. The maximum Gasteiger partial charge on any atom is 0.261 e. The number of para-hydroxylation sites is 1.